The molecule has 42 heavy (non-hydrogen) atoms. The molecule has 1 fully saturated rings. The number of hydrogen-bond donors (Lipinski definition) is 0. The number of hydrogen-bond acceptors (Lipinski definition) is 7. The van der Waals surface area contributed by atoms with E-state index >= 15 is 0 Å². The Kier molecular flexibility index (Phi) is 7.02. The normalized spacial score (nSPS) is 16.3. The number of benzene rings is 2. The monoisotopic (exact) mass is 557 g/mol. The summed E-state index contributed by atoms with van der Waals surface area (Å²) in [5, 5.41) is 9.45. The maximum Gasteiger partial charge on any atom is 0.214 e. The molecule has 8 heteroatoms. The van der Waals surface area contributed by atoms with Gasteiger partial charge in [-0.2, -0.15) is 5.26 Å². The molecule has 1 saturated heterocycles. The minimum atomic E-state index is 0.185. The van der Waals surface area contributed by atoms with Crippen LogP contribution < -0.4 is 9.47 Å². The van der Waals surface area contributed by atoms with Crippen LogP contribution >= 0.6 is 0 Å². The zero-order chi connectivity index (χ0) is 28.5. The number of rotatable bonds is 4. The molecule has 1 atom stereocenters. The molecule has 2 aliphatic heterocycles. The van der Waals surface area contributed by atoms with E-state index < -0.39 is 0 Å². The summed E-state index contributed by atoms with van der Waals surface area (Å²) in [6, 6.07) is 24.1. The van der Waals surface area contributed by atoms with Crippen LogP contribution in [0.2, 0.25) is 0 Å². The van der Waals surface area contributed by atoms with E-state index in [-0.39, 0.29) is 6.10 Å². The minimum absolute atomic E-state index is 0.185. The molecule has 7 rings (SSSR count). The van der Waals surface area contributed by atoms with E-state index in [1.54, 1.807) is 0 Å². The second kappa shape index (κ2) is 11.3. The maximum atomic E-state index is 9.45. The van der Waals surface area contributed by atoms with Crippen LogP contribution in [0.1, 0.15) is 46.6 Å². The van der Waals surface area contributed by atoms with Gasteiger partial charge in [-0.15, -0.1) is 0 Å². The Balaban J connectivity index is 1.25. The molecule has 0 radical (unpaired) electrons. The number of nitriles is 1. The molecule has 0 spiro atoms. The van der Waals surface area contributed by atoms with Crippen molar-refractivity contribution in [3.8, 4) is 29.0 Å². The van der Waals surface area contributed by atoms with Gasteiger partial charge in [0.25, 0.3) is 0 Å². The summed E-state index contributed by atoms with van der Waals surface area (Å²) in [6.07, 6.45) is 3.41. The van der Waals surface area contributed by atoms with Crippen molar-refractivity contribution in [1.29, 1.82) is 5.26 Å². The molecule has 210 valence electrons. The molecular formula is C34H31N5O3. The molecule has 0 N–H and O–H groups in total. The second-order valence-electron chi connectivity index (χ2n) is 10.9. The molecule has 3 aromatic heterocycles. The summed E-state index contributed by atoms with van der Waals surface area (Å²) >= 11 is 0. The van der Waals surface area contributed by atoms with Gasteiger partial charge in [0.15, 0.2) is 5.65 Å². The highest BCUT2D eigenvalue weighted by Gasteiger charge is 2.23. The van der Waals surface area contributed by atoms with Crippen LogP contribution in [-0.4, -0.2) is 38.8 Å². The second-order valence-corrected chi connectivity index (χ2v) is 10.9. The third kappa shape index (κ3) is 5.31. The smallest absolute Gasteiger partial charge is 0.214 e. The van der Waals surface area contributed by atoms with Crippen molar-refractivity contribution >= 4 is 11.2 Å². The molecule has 0 saturated carbocycles. The van der Waals surface area contributed by atoms with Gasteiger partial charge in [0.05, 0.1) is 36.6 Å². The Morgan fingerprint density at radius 1 is 0.952 bits per heavy atom. The van der Waals surface area contributed by atoms with Crippen LogP contribution in [0.25, 0.3) is 22.4 Å². The molecule has 2 aromatic carbocycles. The molecule has 1 unspecified atom stereocenters. The first-order valence-electron chi connectivity index (χ1n) is 14.5. The topological polar surface area (TPSA) is 95.1 Å². The third-order valence-electron chi connectivity index (χ3n) is 7.98. The third-order valence-corrected chi connectivity index (χ3v) is 7.98. The van der Waals surface area contributed by atoms with Crippen molar-refractivity contribution in [2.45, 2.75) is 51.9 Å². The summed E-state index contributed by atoms with van der Waals surface area (Å²) in [5.41, 5.74) is 8.36. The zero-order valence-electron chi connectivity index (χ0n) is 23.5. The van der Waals surface area contributed by atoms with Crippen LogP contribution in [-0.2, 0) is 30.7 Å². The lowest BCUT2D eigenvalue weighted by molar-refractivity contribution is -0.0590. The number of fused-ring (bicyclic) bond motifs is 7. The molecule has 2 aliphatic rings. The highest BCUT2D eigenvalue weighted by molar-refractivity contribution is 5.72. The Labute approximate surface area is 244 Å². The van der Waals surface area contributed by atoms with Crippen molar-refractivity contribution in [3.05, 3.63) is 101 Å². The predicted octanol–water partition coefficient (Wildman–Crippen LogP) is 5.96. The largest absolute Gasteiger partial charge is 0.493 e. The first-order chi connectivity index (χ1) is 20.6. The average molecular weight is 558 g/mol. The maximum absolute atomic E-state index is 9.45. The van der Waals surface area contributed by atoms with Crippen molar-refractivity contribution in [3.63, 3.8) is 0 Å². The highest BCUT2D eigenvalue weighted by Crippen LogP contribution is 2.31. The van der Waals surface area contributed by atoms with Gasteiger partial charge in [-0.3, -0.25) is 0 Å². The van der Waals surface area contributed by atoms with Crippen LogP contribution in [0, 0.1) is 18.3 Å². The van der Waals surface area contributed by atoms with Crippen molar-refractivity contribution in [2.24, 2.45) is 0 Å². The standard InChI is InChI=1S/C34H31N5O3/c1-22-7-12-30-34(36-22)39(20-28-13-15-40-28)32(37-30)18-26-11-10-25-17-31(26)41-14-3-4-24-16-23(19-35)8-9-27(24)21-42-33-6-2-5-29(25)38-33/h2,5-12,16-17,28H,3-4,13-15,18,20-21H2,1H3. The molecule has 5 aromatic rings. The van der Waals surface area contributed by atoms with Gasteiger partial charge < -0.3 is 18.8 Å². The SMILES string of the molecule is Cc1ccc2nc(Cc3ccc4cc3OCCCc3cc(C#N)ccc3COc3cccc-4n3)n(CC3CCO3)c2n1. The fraction of sp³-hybridized carbons (Fsp3) is 0.294. The van der Waals surface area contributed by atoms with Crippen molar-refractivity contribution < 1.29 is 14.2 Å². The van der Waals surface area contributed by atoms with Gasteiger partial charge in [0.1, 0.15) is 23.7 Å². The van der Waals surface area contributed by atoms with Gasteiger partial charge in [-0.05, 0) is 73.7 Å². The fourth-order valence-electron chi connectivity index (χ4n) is 5.59. The van der Waals surface area contributed by atoms with Gasteiger partial charge >= 0.3 is 0 Å². The molecule has 0 amide bonds. The van der Waals surface area contributed by atoms with Gasteiger partial charge in [0.2, 0.25) is 5.88 Å². The lowest BCUT2D eigenvalue weighted by Gasteiger charge is -2.27. The van der Waals surface area contributed by atoms with Crippen LogP contribution in [0.4, 0.5) is 0 Å². The van der Waals surface area contributed by atoms with Gasteiger partial charge in [0, 0.05) is 35.9 Å². The number of pyridine rings is 2. The van der Waals surface area contributed by atoms with Crippen molar-refractivity contribution in [2.75, 3.05) is 13.2 Å². The number of nitrogens with zero attached hydrogens (tertiary/aromatic N) is 5. The molecular weight excluding hydrogens is 526 g/mol. The Morgan fingerprint density at radius 3 is 2.74 bits per heavy atom. The van der Waals surface area contributed by atoms with Crippen molar-refractivity contribution in [1.82, 2.24) is 19.5 Å². The van der Waals surface area contributed by atoms with Crippen LogP contribution in [0.5, 0.6) is 11.6 Å². The lowest BCUT2D eigenvalue weighted by Crippen LogP contribution is -2.32. The minimum Gasteiger partial charge on any atom is -0.493 e. The lowest BCUT2D eigenvalue weighted by atomic mass is 10.0. The zero-order valence-corrected chi connectivity index (χ0v) is 23.5. The Morgan fingerprint density at radius 2 is 1.88 bits per heavy atom. The summed E-state index contributed by atoms with van der Waals surface area (Å²) in [4.78, 5) is 14.6. The number of ether oxygens (including phenoxy) is 3. The Hall–Kier alpha value is -4.74. The molecule has 5 heterocycles. The van der Waals surface area contributed by atoms with E-state index in [2.05, 4.69) is 28.8 Å². The van der Waals surface area contributed by atoms with E-state index in [0.717, 1.165) is 88.8 Å². The number of imidazole rings is 1. The fourth-order valence-corrected chi connectivity index (χ4v) is 5.59. The first kappa shape index (κ1) is 26.2. The quantitative estimate of drug-likeness (QED) is 0.269. The summed E-state index contributed by atoms with van der Waals surface area (Å²) in [7, 11) is 0. The number of aromatic nitrogens is 4. The van der Waals surface area contributed by atoms with Crippen LogP contribution in [0.3, 0.4) is 0 Å². The van der Waals surface area contributed by atoms with E-state index in [4.69, 9.17) is 29.2 Å². The highest BCUT2D eigenvalue weighted by atomic mass is 16.5. The number of aryl methyl sites for hydroxylation is 2. The van der Waals surface area contributed by atoms with E-state index in [0.29, 0.717) is 31.1 Å². The van der Waals surface area contributed by atoms with Crippen LogP contribution in [0.15, 0.2) is 66.7 Å². The summed E-state index contributed by atoms with van der Waals surface area (Å²) in [6.45, 7) is 4.48. The molecule has 8 nitrogen and oxygen atoms in total. The average Bonchev–Trinajstić information content (AvgIpc) is 3.32. The van der Waals surface area contributed by atoms with Gasteiger partial charge in [-0.1, -0.05) is 24.3 Å². The van der Waals surface area contributed by atoms with E-state index in [1.807, 2.05) is 55.5 Å². The summed E-state index contributed by atoms with van der Waals surface area (Å²) in [5.74, 6) is 2.31. The molecule has 0 aliphatic carbocycles. The molecule has 4 bridgehead atoms. The van der Waals surface area contributed by atoms with E-state index in [1.165, 1.54) is 0 Å². The van der Waals surface area contributed by atoms with E-state index in [9.17, 15) is 5.26 Å². The first-order valence-corrected chi connectivity index (χ1v) is 14.5. The predicted molar refractivity (Wildman–Crippen MR) is 158 cm³/mol. The summed E-state index contributed by atoms with van der Waals surface area (Å²) < 4.78 is 20.6. The Bertz CT molecular complexity index is 1820. The van der Waals surface area contributed by atoms with Gasteiger partial charge in [-0.25, -0.2) is 15.0 Å².